The maximum Gasteiger partial charge on any atom is 0.285 e. The zero-order valence-corrected chi connectivity index (χ0v) is 15.6. The molecule has 0 radical (unpaired) electrons. The number of para-hydroxylation sites is 1. The number of carbonyl (C=O) groups excluding carboxylic acids is 1. The Morgan fingerprint density at radius 2 is 1.96 bits per heavy atom. The molecule has 7 heteroatoms. The Morgan fingerprint density at radius 1 is 1.22 bits per heavy atom. The fraction of sp³-hybridized carbons (Fsp3) is 0.350. The number of amides is 1. The molecule has 0 unspecified atom stereocenters. The molecule has 0 aromatic heterocycles. The average molecular weight is 370 g/mol. The highest BCUT2D eigenvalue weighted by atomic mass is 16.6. The molecule has 1 fully saturated rings. The highest BCUT2D eigenvalue weighted by Crippen LogP contribution is 2.35. The van der Waals surface area contributed by atoms with E-state index in [1.807, 2.05) is 6.07 Å². The van der Waals surface area contributed by atoms with Crippen LogP contribution in [-0.4, -0.2) is 36.0 Å². The summed E-state index contributed by atoms with van der Waals surface area (Å²) in [5.74, 6) is 0.973. The molecular formula is C20H22N2O5. The van der Waals surface area contributed by atoms with Crippen molar-refractivity contribution in [3.8, 4) is 11.5 Å². The number of rotatable bonds is 7. The number of benzene rings is 2. The van der Waals surface area contributed by atoms with Crippen LogP contribution in [0.15, 0.2) is 36.4 Å². The topological polar surface area (TPSA) is 81.9 Å². The van der Waals surface area contributed by atoms with Gasteiger partial charge < -0.3 is 14.4 Å². The molecule has 0 bridgehead atoms. The van der Waals surface area contributed by atoms with E-state index in [0.717, 1.165) is 18.4 Å². The second-order valence-corrected chi connectivity index (χ2v) is 6.57. The van der Waals surface area contributed by atoms with Crippen LogP contribution in [-0.2, 0) is 6.54 Å². The summed E-state index contributed by atoms with van der Waals surface area (Å²) in [5.41, 5.74) is 1.26. The third kappa shape index (κ3) is 3.86. The summed E-state index contributed by atoms with van der Waals surface area (Å²) >= 11 is 0. The van der Waals surface area contributed by atoms with Crippen LogP contribution in [0.3, 0.4) is 0 Å². The first kappa shape index (κ1) is 18.7. The molecule has 2 aromatic carbocycles. The van der Waals surface area contributed by atoms with Crippen molar-refractivity contribution in [1.29, 1.82) is 0 Å². The smallest absolute Gasteiger partial charge is 0.285 e. The lowest BCUT2D eigenvalue weighted by molar-refractivity contribution is -0.385. The first-order chi connectivity index (χ1) is 13.0. The monoisotopic (exact) mass is 370 g/mol. The number of aryl methyl sites for hydroxylation is 1. The molecule has 3 rings (SSSR count). The highest BCUT2D eigenvalue weighted by Gasteiger charge is 2.36. The molecule has 0 aliphatic heterocycles. The van der Waals surface area contributed by atoms with Crippen molar-refractivity contribution in [1.82, 2.24) is 4.90 Å². The molecule has 0 N–H and O–H groups in total. The average Bonchev–Trinajstić information content (AvgIpc) is 3.49. The molecule has 2 aromatic rings. The van der Waals surface area contributed by atoms with Crippen LogP contribution in [0, 0.1) is 17.0 Å². The number of hydrogen-bond donors (Lipinski definition) is 0. The van der Waals surface area contributed by atoms with Gasteiger partial charge >= 0.3 is 0 Å². The molecule has 0 heterocycles. The van der Waals surface area contributed by atoms with Gasteiger partial charge in [0.2, 0.25) is 0 Å². The predicted octanol–water partition coefficient (Wildman–Crippen LogP) is 3.73. The normalized spacial score (nSPS) is 13.1. The van der Waals surface area contributed by atoms with Crippen LogP contribution in [0.2, 0.25) is 0 Å². The second-order valence-electron chi connectivity index (χ2n) is 6.57. The lowest BCUT2D eigenvalue weighted by atomic mass is 10.1. The Morgan fingerprint density at radius 3 is 2.56 bits per heavy atom. The highest BCUT2D eigenvalue weighted by molar-refractivity contribution is 5.99. The van der Waals surface area contributed by atoms with Gasteiger partial charge in [-0.1, -0.05) is 12.1 Å². The zero-order valence-electron chi connectivity index (χ0n) is 15.6. The van der Waals surface area contributed by atoms with Gasteiger partial charge in [-0.15, -0.1) is 0 Å². The van der Waals surface area contributed by atoms with Crippen molar-refractivity contribution in [2.24, 2.45) is 0 Å². The lowest BCUT2D eigenvalue weighted by Crippen LogP contribution is -2.33. The summed E-state index contributed by atoms with van der Waals surface area (Å²) in [4.78, 5) is 25.9. The number of carbonyl (C=O) groups is 1. The summed E-state index contributed by atoms with van der Waals surface area (Å²) in [6.45, 7) is 1.94. The van der Waals surface area contributed by atoms with Gasteiger partial charge in [-0.05, 0) is 44.0 Å². The molecule has 0 saturated heterocycles. The van der Waals surface area contributed by atoms with Crippen molar-refractivity contribution in [3.05, 3.63) is 63.2 Å². The van der Waals surface area contributed by atoms with Gasteiger partial charge in [0.15, 0.2) is 0 Å². The Labute approximate surface area is 157 Å². The zero-order chi connectivity index (χ0) is 19.6. The summed E-state index contributed by atoms with van der Waals surface area (Å²) in [6.07, 6.45) is 1.77. The largest absolute Gasteiger partial charge is 0.497 e. The van der Waals surface area contributed by atoms with E-state index in [9.17, 15) is 14.9 Å². The standard InChI is InChI=1S/C20H22N2O5/c1-13-5-4-6-17(19(13)22(24)25)20(23)21(15-7-8-15)12-14-11-16(26-2)9-10-18(14)27-3/h4-6,9-11,15H,7-8,12H2,1-3H3. The molecular weight excluding hydrogens is 348 g/mol. The molecule has 7 nitrogen and oxygen atoms in total. The number of nitrogens with zero attached hydrogens (tertiary/aromatic N) is 2. The third-order valence-corrected chi connectivity index (χ3v) is 4.73. The minimum absolute atomic E-state index is 0.0773. The van der Waals surface area contributed by atoms with Crippen LogP contribution in [0.25, 0.3) is 0 Å². The van der Waals surface area contributed by atoms with Crippen molar-refractivity contribution in [2.45, 2.75) is 32.4 Å². The first-order valence-electron chi connectivity index (χ1n) is 8.72. The molecule has 1 aliphatic carbocycles. The predicted molar refractivity (Wildman–Crippen MR) is 100 cm³/mol. The SMILES string of the molecule is COc1ccc(OC)c(CN(C(=O)c2cccc(C)c2[N+](=O)[O-])C2CC2)c1. The van der Waals surface area contributed by atoms with E-state index in [-0.39, 0.29) is 23.2 Å². The van der Waals surface area contributed by atoms with Gasteiger partial charge in [0, 0.05) is 17.2 Å². The van der Waals surface area contributed by atoms with Gasteiger partial charge in [-0.3, -0.25) is 14.9 Å². The van der Waals surface area contributed by atoms with Gasteiger partial charge in [0.1, 0.15) is 17.1 Å². The van der Waals surface area contributed by atoms with E-state index >= 15 is 0 Å². The maximum atomic E-state index is 13.2. The molecule has 1 aliphatic rings. The Kier molecular flexibility index (Phi) is 5.30. The van der Waals surface area contributed by atoms with Crippen molar-refractivity contribution >= 4 is 11.6 Å². The molecule has 1 amide bonds. The molecule has 1 saturated carbocycles. The Hall–Kier alpha value is -3.09. The van der Waals surface area contributed by atoms with Crippen LogP contribution in [0.4, 0.5) is 5.69 Å². The first-order valence-corrected chi connectivity index (χ1v) is 8.72. The van der Waals surface area contributed by atoms with E-state index in [0.29, 0.717) is 23.6 Å². The number of nitro benzene ring substituents is 1. The van der Waals surface area contributed by atoms with Crippen LogP contribution in [0.5, 0.6) is 11.5 Å². The van der Waals surface area contributed by atoms with Gasteiger partial charge in [0.25, 0.3) is 11.6 Å². The minimum atomic E-state index is -0.486. The quantitative estimate of drug-likeness (QED) is 0.548. The minimum Gasteiger partial charge on any atom is -0.497 e. The van der Waals surface area contributed by atoms with Crippen molar-refractivity contribution < 1.29 is 19.2 Å². The number of nitro groups is 1. The molecule has 142 valence electrons. The van der Waals surface area contributed by atoms with Crippen LogP contribution >= 0.6 is 0 Å². The third-order valence-electron chi connectivity index (χ3n) is 4.73. The Bertz CT molecular complexity index is 877. The van der Waals surface area contributed by atoms with Gasteiger partial charge in [0.05, 0.1) is 25.7 Å². The van der Waals surface area contributed by atoms with E-state index in [2.05, 4.69) is 0 Å². The van der Waals surface area contributed by atoms with Gasteiger partial charge in [-0.2, -0.15) is 0 Å². The second kappa shape index (κ2) is 7.65. The van der Waals surface area contributed by atoms with E-state index in [4.69, 9.17) is 9.47 Å². The fourth-order valence-corrected chi connectivity index (χ4v) is 3.17. The summed E-state index contributed by atoms with van der Waals surface area (Å²) in [5, 5.41) is 11.5. The number of methoxy groups -OCH3 is 2. The number of ether oxygens (including phenoxy) is 2. The van der Waals surface area contributed by atoms with Crippen LogP contribution in [0.1, 0.15) is 34.3 Å². The summed E-state index contributed by atoms with van der Waals surface area (Å²) in [7, 11) is 3.14. The Balaban J connectivity index is 1.98. The number of hydrogen-bond acceptors (Lipinski definition) is 5. The maximum absolute atomic E-state index is 13.2. The summed E-state index contributed by atoms with van der Waals surface area (Å²) < 4.78 is 10.7. The molecule has 27 heavy (non-hydrogen) atoms. The molecule has 0 spiro atoms. The van der Waals surface area contributed by atoms with E-state index in [1.165, 1.54) is 6.07 Å². The lowest BCUT2D eigenvalue weighted by Gasteiger charge is -2.24. The fourth-order valence-electron chi connectivity index (χ4n) is 3.17. The van der Waals surface area contributed by atoms with Gasteiger partial charge in [-0.25, -0.2) is 0 Å². The van der Waals surface area contributed by atoms with E-state index < -0.39 is 4.92 Å². The molecule has 0 atom stereocenters. The van der Waals surface area contributed by atoms with Crippen molar-refractivity contribution in [3.63, 3.8) is 0 Å². The van der Waals surface area contributed by atoms with Crippen LogP contribution < -0.4 is 9.47 Å². The summed E-state index contributed by atoms with van der Waals surface area (Å²) in [6, 6.07) is 10.3. The van der Waals surface area contributed by atoms with Crippen molar-refractivity contribution in [2.75, 3.05) is 14.2 Å². The van der Waals surface area contributed by atoms with E-state index in [1.54, 1.807) is 50.3 Å².